The van der Waals surface area contributed by atoms with Gasteiger partial charge in [0.25, 0.3) is 0 Å². The molecule has 5 heteroatoms. The Hall–Kier alpha value is -1.61. The third kappa shape index (κ3) is 4.52. The molecule has 1 rings (SSSR count). The van der Waals surface area contributed by atoms with Crippen molar-refractivity contribution in [3.05, 3.63) is 29.3 Å². The number of rotatable bonds is 8. The van der Waals surface area contributed by atoms with Crippen LogP contribution >= 0.6 is 0 Å². The molecule has 0 aliphatic rings. The van der Waals surface area contributed by atoms with Gasteiger partial charge in [-0.05, 0) is 24.7 Å². The molecule has 0 bridgehead atoms. The molecule has 0 aliphatic heterocycles. The van der Waals surface area contributed by atoms with Gasteiger partial charge in [0.2, 0.25) is 0 Å². The van der Waals surface area contributed by atoms with Crippen molar-refractivity contribution in [2.75, 3.05) is 45.4 Å². The van der Waals surface area contributed by atoms with Crippen LogP contribution in [0.5, 0.6) is 0 Å². The molecular formula is C14H21N3O2. The summed E-state index contributed by atoms with van der Waals surface area (Å²) in [5.74, 6) is 0. The van der Waals surface area contributed by atoms with Crippen LogP contribution in [0.3, 0.4) is 0 Å². The van der Waals surface area contributed by atoms with Crippen LogP contribution in [0.15, 0.2) is 18.2 Å². The van der Waals surface area contributed by atoms with E-state index in [1.165, 1.54) is 0 Å². The van der Waals surface area contributed by atoms with Crippen LogP contribution in [0, 0.1) is 11.3 Å². The summed E-state index contributed by atoms with van der Waals surface area (Å²) >= 11 is 0. The maximum Gasteiger partial charge on any atom is 0.101 e. The van der Waals surface area contributed by atoms with Gasteiger partial charge in [0.15, 0.2) is 0 Å². The quantitative estimate of drug-likeness (QED) is 0.723. The van der Waals surface area contributed by atoms with Crippen molar-refractivity contribution in [1.82, 2.24) is 5.32 Å². The minimum atomic E-state index is 0.0485. The fourth-order valence-corrected chi connectivity index (χ4v) is 1.94. The Morgan fingerprint density at radius 3 is 2.79 bits per heavy atom. The minimum Gasteiger partial charge on any atom is -0.395 e. The van der Waals surface area contributed by atoms with E-state index in [-0.39, 0.29) is 6.61 Å². The highest BCUT2D eigenvalue weighted by atomic mass is 16.5. The Balaban J connectivity index is 2.97. The highest BCUT2D eigenvalue weighted by Crippen LogP contribution is 2.21. The van der Waals surface area contributed by atoms with E-state index in [4.69, 9.17) is 9.84 Å². The van der Waals surface area contributed by atoms with Gasteiger partial charge < -0.3 is 20.1 Å². The molecular weight excluding hydrogens is 242 g/mol. The summed E-state index contributed by atoms with van der Waals surface area (Å²) in [6.07, 6.45) is 0. The lowest BCUT2D eigenvalue weighted by Crippen LogP contribution is -2.30. The first-order valence-corrected chi connectivity index (χ1v) is 6.29. The predicted molar refractivity (Wildman–Crippen MR) is 75.1 cm³/mol. The molecule has 1 aromatic carbocycles. The van der Waals surface area contributed by atoms with Crippen molar-refractivity contribution in [1.29, 1.82) is 5.26 Å². The van der Waals surface area contributed by atoms with Gasteiger partial charge in [-0.3, -0.25) is 0 Å². The Morgan fingerprint density at radius 1 is 1.42 bits per heavy atom. The van der Waals surface area contributed by atoms with Gasteiger partial charge in [-0.1, -0.05) is 6.07 Å². The number of benzene rings is 1. The first kappa shape index (κ1) is 15.4. The van der Waals surface area contributed by atoms with Gasteiger partial charge in [0.05, 0.1) is 24.5 Å². The molecule has 0 saturated heterocycles. The predicted octanol–water partition coefficient (Wildman–Crippen LogP) is 0.723. The summed E-state index contributed by atoms with van der Waals surface area (Å²) in [5, 5.41) is 21.4. The standard InChI is InChI=1S/C14H21N3O2/c1-16-11-12-3-4-14(13(9-12)10-15)17(5-7-18)6-8-19-2/h3-4,9,16,18H,5-8,11H2,1-2H3. The first-order chi connectivity index (χ1) is 9.26. The number of hydrogen-bond donors (Lipinski definition) is 2. The average molecular weight is 263 g/mol. The number of hydrogen-bond acceptors (Lipinski definition) is 5. The van der Waals surface area contributed by atoms with Crippen LogP contribution in [0.2, 0.25) is 0 Å². The number of aliphatic hydroxyl groups is 1. The van der Waals surface area contributed by atoms with Gasteiger partial charge >= 0.3 is 0 Å². The summed E-state index contributed by atoms with van der Waals surface area (Å²) < 4.78 is 5.06. The van der Waals surface area contributed by atoms with Gasteiger partial charge in [-0.2, -0.15) is 5.26 Å². The van der Waals surface area contributed by atoms with E-state index in [1.807, 2.05) is 30.1 Å². The topological polar surface area (TPSA) is 68.5 Å². The Kier molecular flexibility index (Phi) is 6.90. The normalized spacial score (nSPS) is 10.2. The third-order valence-corrected chi connectivity index (χ3v) is 2.84. The van der Waals surface area contributed by atoms with Crippen molar-refractivity contribution in [2.24, 2.45) is 0 Å². The van der Waals surface area contributed by atoms with Crippen molar-refractivity contribution in [2.45, 2.75) is 6.54 Å². The molecule has 1 aromatic rings. The zero-order valence-corrected chi connectivity index (χ0v) is 11.5. The van der Waals surface area contributed by atoms with Gasteiger partial charge in [0, 0.05) is 26.7 Å². The lowest BCUT2D eigenvalue weighted by Gasteiger charge is -2.25. The van der Waals surface area contributed by atoms with Crippen molar-refractivity contribution >= 4 is 5.69 Å². The molecule has 0 amide bonds. The minimum absolute atomic E-state index is 0.0485. The van der Waals surface area contributed by atoms with E-state index >= 15 is 0 Å². The van der Waals surface area contributed by atoms with Crippen molar-refractivity contribution in [3.8, 4) is 6.07 Å². The zero-order valence-electron chi connectivity index (χ0n) is 11.5. The molecule has 2 N–H and O–H groups in total. The van der Waals surface area contributed by atoms with Crippen LogP contribution in [0.25, 0.3) is 0 Å². The summed E-state index contributed by atoms with van der Waals surface area (Å²) in [4.78, 5) is 1.96. The second-order valence-corrected chi connectivity index (χ2v) is 4.20. The molecule has 5 nitrogen and oxygen atoms in total. The number of anilines is 1. The molecule has 0 aliphatic carbocycles. The molecule has 0 unspecified atom stereocenters. The van der Waals surface area contributed by atoms with Crippen molar-refractivity contribution in [3.63, 3.8) is 0 Å². The van der Waals surface area contributed by atoms with Crippen molar-refractivity contribution < 1.29 is 9.84 Å². The maximum atomic E-state index is 9.26. The maximum absolute atomic E-state index is 9.26. The Bertz CT molecular complexity index is 429. The molecule has 104 valence electrons. The van der Waals surface area contributed by atoms with Gasteiger partial charge in [-0.15, -0.1) is 0 Å². The van der Waals surface area contributed by atoms with E-state index in [9.17, 15) is 5.26 Å². The molecule has 0 fully saturated rings. The molecule has 19 heavy (non-hydrogen) atoms. The first-order valence-electron chi connectivity index (χ1n) is 6.29. The number of ether oxygens (including phenoxy) is 1. The summed E-state index contributed by atoms with van der Waals surface area (Å²) in [5.41, 5.74) is 2.53. The molecule has 0 radical (unpaired) electrons. The number of nitrogens with zero attached hydrogens (tertiary/aromatic N) is 2. The average Bonchev–Trinajstić information content (AvgIpc) is 2.44. The summed E-state index contributed by atoms with van der Waals surface area (Å²) in [6, 6.07) is 8.01. The lowest BCUT2D eigenvalue weighted by atomic mass is 10.1. The number of aliphatic hydroxyl groups excluding tert-OH is 1. The Morgan fingerprint density at radius 2 is 2.21 bits per heavy atom. The van der Waals surface area contributed by atoms with Crippen LogP contribution in [0.1, 0.15) is 11.1 Å². The van der Waals surface area contributed by atoms with E-state index in [2.05, 4.69) is 11.4 Å². The van der Waals surface area contributed by atoms with E-state index in [1.54, 1.807) is 7.11 Å². The highest BCUT2D eigenvalue weighted by Gasteiger charge is 2.11. The smallest absolute Gasteiger partial charge is 0.101 e. The third-order valence-electron chi connectivity index (χ3n) is 2.84. The molecule has 0 saturated carbocycles. The molecule has 0 spiro atoms. The van der Waals surface area contributed by atoms with Crippen LogP contribution in [0.4, 0.5) is 5.69 Å². The van der Waals surface area contributed by atoms with E-state index < -0.39 is 0 Å². The Labute approximate surface area is 114 Å². The lowest BCUT2D eigenvalue weighted by molar-refractivity contribution is 0.203. The van der Waals surface area contributed by atoms with Gasteiger partial charge in [0.1, 0.15) is 6.07 Å². The highest BCUT2D eigenvalue weighted by molar-refractivity contribution is 5.60. The fraction of sp³-hybridized carbons (Fsp3) is 0.500. The second kappa shape index (κ2) is 8.48. The molecule has 0 heterocycles. The zero-order chi connectivity index (χ0) is 14.1. The number of nitrogens with one attached hydrogen (secondary N) is 1. The summed E-state index contributed by atoms with van der Waals surface area (Å²) in [6.45, 7) is 2.48. The van der Waals surface area contributed by atoms with Crippen LogP contribution in [-0.4, -0.2) is 45.6 Å². The SMILES string of the molecule is CNCc1ccc(N(CCO)CCOC)c(C#N)c1. The number of methoxy groups -OCH3 is 1. The van der Waals surface area contributed by atoms with Gasteiger partial charge in [-0.25, -0.2) is 0 Å². The van der Waals surface area contributed by atoms with E-state index in [0.717, 1.165) is 17.8 Å². The molecule has 0 atom stereocenters. The number of nitriles is 1. The largest absolute Gasteiger partial charge is 0.395 e. The van der Waals surface area contributed by atoms with Crippen LogP contribution < -0.4 is 10.2 Å². The fourth-order valence-electron chi connectivity index (χ4n) is 1.94. The molecule has 0 aromatic heterocycles. The van der Waals surface area contributed by atoms with E-state index in [0.29, 0.717) is 25.3 Å². The summed E-state index contributed by atoms with van der Waals surface area (Å²) in [7, 11) is 3.51. The second-order valence-electron chi connectivity index (χ2n) is 4.20. The van der Waals surface area contributed by atoms with Crippen LogP contribution in [-0.2, 0) is 11.3 Å². The monoisotopic (exact) mass is 263 g/mol.